The fourth-order valence-electron chi connectivity index (χ4n) is 9.46. The van der Waals surface area contributed by atoms with Crippen LogP contribution >= 0.6 is 41.3 Å². The van der Waals surface area contributed by atoms with Gasteiger partial charge in [-0.15, -0.1) is 0 Å². The van der Waals surface area contributed by atoms with Gasteiger partial charge in [-0.25, -0.2) is 0 Å². The first-order chi connectivity index (χ1) is 43.2. The van der Waals surface area contributed by atoms with Crippen LogP contribution in [-0.2, 0) is 218 Å². The fraction of sp³-hybridized carbons (Fsp3) is 1.00. The minimum absolute atomic E-state index is 0. The van der Waals surface area contributed by atoms with Crippen LogP contribution in [0, 0.1) is 17.8 Å². The van der Waals surface area contributed by atoms with Crippen LogP contribution in [0.2, 0.25) is 0 Å². The van der Waals surface area contributed by atoms with Crippen LogP contribution < -0.4 is 0 Å². The molecule has 0 aromatic heterocycles. The standard InChI is InChI=1S/C28H57O19P3.C14H29O5P.C12H28NOP.C3H8O3.CH4.4Y/c1-18-23(31)25(33)21(14-29)45-27(18)39-10-6-4-8-12-41-49(36)43-16-20(47-48(35)38-3)17-44-50(37)42-13-9-5-7-11-40-28-19(2)24(32)26(34)22(15-30)46-28;1-6-12(7-2)19-20(15)17-9-13-14(16-8-3)10(4)11(5)18-13;1-8-12(9-2)14-15(7)13(10(3)4)11(5)6;4-1-3(6)2-5;;;;;/h18-34,48-50H,4-17H2,1-3H3;10-14,20H,6-9H2,1-5H3;10-12H,8-9H2,1-7H3;3-6H,1-2H2;1H4;;;;/t;10-,11-,13+,14-;;;;;;;/m.0......./s1. The normalized spacial score (nSPS) is 26.6. The van der Waals surface area contributed by atoms with Gasteiger partial charge in [0, 0.05) is 188 Å². The number of hydrogen-bond donors (Lipinski definition) is 9. The zero-order valence-corrected chi connectivity index (χ0v) is 75.3. The van der Waals surface area contributed by atoms with E-state index in [9.17, 15) is 48.9 Å². The predicted octanol–water partition coefficient (Wildman–Crippen LogP) is 7.41. The van der Waals surface area contributed by atoms with Crippen molar-refractivity contribution >= 4 is 41.3 Å². The van der Waals surface area contributed by atoms with Gasteiger partial charge < -0.3 is 115 Å². The molecule has 3 saturated heterocycles. The second-order valence-corrected chi connectivity index (χ2v) is 28.8. The summed E-state index contributed by atoms with van der Waals surface area (Å²) in [4.78, 5) is 0. The topological polar surface area (TPSA) is 392 Å². The smallest absolute Gasteiger partial charge is 0.319 e. The van der Waals surface area contributed by atoms with Gasteiger partial charge in [0.15, 0.2) is 12.6 Å². The molecule has 3 heterocycles. The van der Waals surface area contributed by atoms with Crippen molar-refractivity contribution in [2.75, 3.05) is 93.1 Å². The number of aliphatic hydroxyl groups excluding tert-OH is 9. The van der Waals surface area contributed by atoms with E-state index in [1.807, 2.05) is 27.7 Å². The van der Waals surface area contributed by atoms with E-state index in [0.29, 0.717) is 82.5 Å². The Morgan fingerprint density at radius 3 is 1.26 bits per heavy atom. The SMILES string of the molecule is C.CCC(CC)OP(C)N(C(C)C)C(C)C.CCO[C@H]1[C@@H](C)[C@H](C)O[C@@H]1CO[PH](=O)OC(CC)CC.CO[PH](=O)OC(CO[PH](=O)OCCCCCOC1OC(CO)C(O)C(O)C1C)CO[PH](=O)OCCCCCOC1OC(CO)C(O)C(O)C1C.OCC(O)CO.[Y].[Y].[Y].[Y]. The molecule has 4 radical (unpaired) electrons. The summed E-state index contributed by atoms with van der Waals surface area (Å²) in [6.07, 6.45) is -2.05. The van der Waals surface area contributed by atoms with Crippen LogP contribution in [0.15, 0.2) is 0 Å². The Morgan fingerprint density at radius 1 is 0.500 bits per heavy atom. The molecule has 0 saturated carbocycles. The number of rotatable bonds is 45. The first-order valence-corrected chi connectivity index (χ1v) is 38.8. The largest absolute Gasteiger partial charge is 0.394 e. The van der Waals surface area contributed by atoms with Crippen LogP contribution in [0.25, 0.3) is 0 Å². The Hall–Kier alpha value is 4.77. The maximum absolute atomic E-state index is 12.2. The zero-order chi connectivity index (χ0) is 69.2. The molecule has 0 spiro atoms. The third-order valence-electron chi connectivity index (χ3n) is 15.1. The van der Waals surface area contributed by atoms with Crippen molar-refractivity contribution in [2.45, 2.75) is 266 Å². The van der Waals surface area contributed by atoms with E-state index in [2.05, 4.69) is 64.3 Å². The molecule has 38 heteroatoms. The van der Waals surface area contributed by atoms with E-state index >= 15 is 0 Å². The molecule has 15 unspecified atom stereocenters. The van der Waals surface area contributed by atoms with E-state index in [-0.39, 0.29) is 209 Å². The summed E-state index contributed by atoms with van der Waals surface area (Å²) in [6, 6.07) is 1.13. The molecule has 3 aliphatic heterocycles. The van der Waals surface area contributed by atoms with Crippen LogP contribution in [-0.4, -0.2) is 248 Å². The van der Waals surface area contributed by atoms with Gasteiger partial charge in [-0.05, 0) is 112 Å². The third-order valence-corrected chi connectivity index (χ3v) is 20.7. The number of ether oxygens (including phenoxy) is 6. The molecule has 0 aromatic carbocycles. The molecule has 0 aromatic rings. The summed E-state index contributed by atoms with van der Waals surface area (Å²) < 4.78 is 132. The average Bonchev–Trinajstić information content (AvgIpc) is 1.26. The molecule has 96 heavy (non-hydrogen) atoms. The van der Waals surface area contributed by atoms with Gasteiger partial charge in [0.25, 0.3) is 0 Å². The minimum atomic E-state index is -2.94. The number of nitrogens with zero attached hydrogens (tertiary/aromatic N) is 1. The summed E-state index contributed by atoms with van der Waals surface area (Å²) in [5.41, 5.74) is 0. The average molecular weight is 1800 g/mol. The number of aliphatic hydroxyl groups is 9. The molecule has 9 N–H and O–H groups in total. The Bertz CT molecular complexity index is 1800. The number of unbranched alkanes of at least 4 members (excludes halogenated alkanes) is 4. The molecule has 0 aliphatic carbocycles. The van der Waals surface area contributed by atoms with Crippen molar-refractivity contribution in [1.29, 1.82) is 0 Å². The molecule has 3 rings (SSSR count). The monoisotopic (exact) mass is 1800 g/mol. The summed E-state index contributed by atoms with van der Waals surface area (Å²) in [6.45, 7) is 28.5. The molecular formula is C58H126NO28P5Y4. The summed E-state index contributed by atoms with van der Waals surface area (Å²) in [5.74, 6) is -0.659. The Balaban J connectivity index is -0.000000360. The third kappa shape index (κ3) is 47.6. The molecule has 568 valence electrons. The molecule has 29 nitrogen and oxygen atoms in total. The van der Waals surface area contributed by atoms with Gasteiger partial charge in [0.1, 0.15) is 51.0 Å². The van der Waals surface area contributed by atoms with E-state index in [1.165, 1.54) is 7.11 Å². The molecule has 0 amide bonds. The molecule has 0 bridgehead atoms. The summed E-state index contributed by atoms with van der Waals surface area (Å²) >= 11 is 0. The second-order valence-electron chi connectivity index (χ2n) is 22.9. The summed E-state index contributed by atoms with van der Waals surface area (Å²) in [7, 11) is -10.5. The Labute approximate surface area is 679 Å². The quantitative estimate of drug-likeness (QED) is 0.0211. The molecule has 3 aliphatic rings. The van der Waals surface area contributed by atoms with Gasteiger partial charge in [-0.1, -0.05) is 55.9 Å². The zero-order valence-electron chi connectivity index (χ0n) is 59.1. The van der Waals surface area contributed by atoms with Crippen molar-refractivity contribution in [3.05, 3.63) is 0 Å². The van der Waals surface area contributed by atoms with Gasteiger partial charge >= 0.3 is 33.0 Å². The van der Waals surface area contributed by atoms with Crippen molar-refractivity contribution in [3.63, 3.8) is 0 Å². The van der Waals surface area contributed by atoms with Crippen molar-refractivity contribution in [1.82, 2.24) is 4.67 Å². The minimum Gasteiger partial charge on any atom is -0.394 e. The van der Waals surface area contributed by atoms with Crippen molar-refractivity contribution in [2.24, 2.45) is 17.8 Å². The first-order valence-electron chi connectivity index (χ1n) is 32.2. The first kappa shape index (κ1) is 112. The molecular weight excluding hydrogens is 1670 g/mol. The molecule has 3 fully saturated rings. The second kappa shape index (κ2) is 67.8. The van der Waals surface area contributed by atoms with Crippen LogP contribution in [0.1, 0.15) is 162 Å². The summed E-state index contributed by atoms with van der Waals surface area (Å²) in [5, 5.41) is 82.6. The van der Waals surface area contributed by atoms with Crippen molar-refractivity contribution in [3.8, 4) is 0 Å². The van der Waals surface area contributed by atoms with Gasteiger partial charge in [-0.3, -0.25) is 22.9 Å². The van der Waals surface area contributed by atoms with E-state index in [4.69, 9.17) is 79.9 Å². The van der Waals surface area contributed by atoms with Crippen LogP contribution in [0.4, 0.5) is 0 Å². The number of hydrogen-bond acceptors (Lipinski definition) is 29. The Kier molecular flexibility index (Phi) is 78.9. The molecule has 19 atom stereocenters. The van der Waals surface area contributed by atoms with Crippen LogP contribution in [0.5, 0.6) is 0 Å². The van der Waals surface area contributed by atoms with E-state index < -0.39 is 128 Å². The van der Waals surface area contributed by atoms with E-state index in [1.54, 1.807) is 13.8 Å². The van der Waals surface area contributed by atoms with Crippen LogP contribution in [0.3, 0.4) is 0 Å². The van der Waals surface area contributed by atoms with Crippen molar-refractivity contribution < 1.29 is 264 Å². The van der Waals surface area contributed by atoms with Gasteiger partial charge in [0.05, 0.1) is 96.1 Å². The predicted molar refractivity (Wildman–Crippen MR) is 353 cm³/mol. The fourth-order valence-corrected chi connectivity index (χ4v) is 14.5. The van der Waals surface area contributed by atoms with Gasteiger partial charge in [0.2, 0.25) is 0 Å². The Morgan fingerprint density at radius 2 is 0.906 bits per heavy atom. The maximum atomic E-state index is 12.2. The van der Waals surface area contributed by atoms with Gasteiger partial charge in [-0.2, -0.15) is 0 Å². The maximum Gasteiger partial charge on any atom is 0.319 e. The van der Waals surface area contributed by atoms with E-state index in [0.717, 1.165) is 25.7 Å².